The van der Waals surface area contributed by atoms with Crippen LogP contribution in [0.3, 0.4) is 0 Å². The van der Waals surface area contributed by atoms with E-state index < -0.39 is 11.8 Å². The van der Waals surface area contributed by atoms with Crippen LogP contribution in [0.25, 0.3) is 0 Å². The standard InChI is InChI=1S/C10H8FNO2S/c1-2-14-10(13)7-4-9(15)6(5-12)3-8(7)11/h3-4,15H,2H2,1H3. The molecule has 1 rings (SSSR count). The molecule has 0 spiro atoms. The third-order valence-corrected chi connectivity index (χ3v) is 2.07. The Morgan fingerprint density at radius 1 is 1.67 bits per heavy atom. The van der Waals surface area contributed by atoms with Gasteiger partial charge < -0.3 is 4.74 Å². The topological polar surface area (TPSA) is 50.1 Å². The zero-order valence-electron chi connectivity index (χ0n) is 7.95. The first-order valence-corrected chi connectivity index (χ1v) is 4.64. The normalized spacial score (nSPS) is 9.47. The minimum Gasteiger partial charge on any atom is -0.462 e. The molecular weight excluding hydrogens is 217 g/mol. The minimum absolute atomic E-state index is 0.0869. The summed E-state index contributed by atoms with van der Waals surface area (Å²) in [5, 5.41) is 8.59. The summed E-state index contributed by atoms with van der Waals surface area (Å²) >= 11 is 3.96. The number of esters is 1. The second-order valence-corrected chi connectivity index (χ2v) is 3.16. The van der Waals surface area contributed by atoms with Gasteiger partial charge in [0, 0.05) is 4.90 Å². The van der Waals surface area contributed by atoms with Crippen LogP contribution < -0.4 is 0 Å². The summed E-state index contributed by atoms with van der Waals surface area (Å²) in [7, 11) is 0. The number of carbonyl (C=O) groups excluding carboxylic acids is 1. The molecule has 1 aromatic carbocycles. The van der Waals surface area contributed by atoms with Crippen molar-refractivity contribution in [3.63, 3.8) is 0 Å². The molecule has 0 saturated carbocycles. The molecule has 0 aliphatic heterocycles. The van der Waals surface area contributed by atoms with Crippen molar-refractivity contribution in [1.82, 2.24) is 0 Å². The van der Waals surface area contributed by atoms with Crippen LogP contribution in [-0.4, -0.2) is 12.6 Å². The van der Waals surface area contributed by atoms with Gasteiger partial charge in [0.1, 0.15) is 11.9 Å². The minimum atomic E-state index is -0.775. The number of nitriles is 1. The zero-order chi connectivity index (χ0) is 11.4. The lowest BCUT2D eigenvalue weighted by Crippen LogP contribution is -2.07. The second kappa shape index (κ2) is 4.80. The number of nitrogens with zero attached hydrogens (tertiary/aromatic N) is 1. The van der Waals surface area contributed by atoms with Crippen molar-refractivity contribution in [3.8, 4) is 6.07 Å². The van der Waals surface area contributed by atoms with Crippen LogP contribution in [0, 0.1) is 17.1 Å². The molecule has 0 saturated heterocycles. The summed E-state index contributed by atoms with van der Waals surface area (Å²) in [4.78, 5) is 11.5. The fourth-order valence-electron chi connectivity index (χ4n) is 1.02. The molecule has 0 unspecified atom stereocenters. The van der Waals surface area contributed by atoms with E-state index in [2.05, 4.69) is 17.4 Å². The molecular formula is C10H8FNO2S. The van der Waals surface area contributed by atoms with E-state index in [0.717, 1.165) is 6.07 Å². The van der Waals surface area contributed by atoms with Crippen LogP contribution in [0.5, 0.6) is 0 Å². The Kier molecular flexibility index (Phi) is 3.69. The summed E-state index contributed by atoms with van der Waals surface area (Å²) < 4.78 is 17.9. The SMILES string of the molecule is CCOC(=O)c1cc(S)c(C#N)cc1F. The Balaban J connectivity index is 3.17. The molecule has 3 nitrogen and oxygen atoms in total. The van der Waals surface area contributed by atoms with Gasteiger partial charge in [0.2, 0.25) is 0 Å². The lowest BCUT2D eigenvalue weighted by atomic mass is 10.1. The molecule has 0 aliphatic rings. The molecule has 0 radical (unpaired) electrons. The van der Waals surface area contributed by atoms with Crippen molar-refractivity contribution in [3.05, 3.63) is 29.1 Å². The van der Waals surface area contributed by atoms with Crippen LogP contribution in [0.4, 0.5) is 4.39 Å². The predicted molar refractivity (Wildman–Crippen MR) is 54.3 cm³/mol. The van der Waals surface area contributed by atoms with E-state index in [1.54, 1.807) is 13.0 Å². The van der Waals surface area contributed by atoms with Crippen LogP contribution in [-0.2, 0) is 4.74 Å². The van der Waals surface area contributed by atoms with Crippen molar-refractivity contribution in [2.24, 2.45) is 0 Å². The quantitative estimate of drug-likeness (QED) is 0.619. The van der Waals surface area contributed by atoms with E-state index in [1.807, 2.05) is 0 Å². The van der Waals surface area contributed by atoms with Crippen LogP contribution in [0.15, 0.2) is 17.0 Å². The summed E-state index contributed by atoms with van der Waals surface area (Å²) in [5.74, 6) is -1.53. The molecule has 0 atom stereocenters. The first-order chi connectivity index (χ1) is 7.10. The third-order valence-electron chi connectivity index (χ3n) is 1.70. The molecule has 0 aliphatic carbocycles. The average Bonchev–Trinajstić information content (AvgIpc) is 2.21. The van der Waals surface area contributed by atoms with Gasteiger partial charge in [0.05, 0.1) is 17.7 Å². The van der Waals surface area contributed by atoms with Crippen molar-refractivity contribution < 1.29 is 13.9 Å². The summed E-state index contributed by atoms with van der Waals surface area (Å²) in [6.07, 6.45) is 0. The first-order valence-electron chi connectivity index (χ1n) is 4.19. The smallest absolute Gasteiger partial charge is 0.341 e. The Labute approximate surface area is 91.9 Å². The maximum Gasteiger partial charge on any atom is 0.341 e. The number of rotatable bonds is 2. The maximum absolute atomic E-state index is 13.3. The van der Waals surface area contributed by atoms with E-state index in [-0.39, 0.29) is 22.6 Å². The maximum atomic E-state index is 13.3. The second-order valence-electron chi connectivity index (χ2n) is 2.68. The average molecular weight is 225 g/mol. The molecule has 0 amide bonds. The number of benzene rings is 1. The Hall–Kier alpha value is -1.54. The van der Waals surface area contributed by atoms with Crippen LogP contribution in [0.2, 0.25) is 0 Å². The highest BCUT2D eigenvalue weighted by atomic mass is 32.1. The number of ether oxygens (including phenoxy) is 1. The number of halogens is 1. The van der Waals surface area contributed by atoms with Gasteiger partial charge in [-0.2, -0.15) is 5.26 Å². The number of hydrogen-bond donors (Lipinski definition) is 1. The monoisotopic (exact) mass is 225 g/mol. The van der Waals surface area contributed by atoms with E-state index in [9.17, 15) is 9.18 Å². The first kappa shape index (κ1) is 11.5. The van der Waals surface area contributed by atoms with Gasteiger partial charge in [-0.3, -0.25) is 0 Å². The molecule has 0 N–H and O–H groups in total. The van der Waals surface area contributed by atoms with Crippen molar-refractivity contribution in [2.45, 2.75) is 11.8 Å². The van der Waals surface area contributed by atoms with E-state index >= 15 is 0 Å². The summed E-state index contributed by atoms with van der Waals surface area (Å²) in [6.45, 7) is 1.79. The summed E-state index contributed by atoms with van der Waals surface area (Å²) in [5.41, 5.74) is -0.121. The Bertz CT molecular complexity index is 440. The van der Waals surface area contributed by atoms with Crippen molar-refractivity contribution >= 4 is 18.6 Å². The summed E-state index contributed by atoms with van der Waals surface area (Å²) in [6, 6.07) is 3.92. The van der Waals surface area contributed by atoms with Crippen LogP contribution >= 0.6 is 12.6 Å². The van der Waals surface area contributed by atoms with Gasteiger partial charge in [0.15, 0.2) is 0 Å². The molecule has 15 heavy (non-hydrogen) atoms. The van der Waals surface area contributed by atoms with Gasteiger partial charge in [-0.25, -0.2) is 9.18 Å². The van der Waals surface area contributed by atoms with Gasteiger partial charge in [0.25, 0.3) is 0 Å². The van der Waals surface area contributed by atoms with Gasteiger partial charge in [-0.1, -0.05) is 0 Å². The number of carbonyl (C=O) groups is 1. The van der Waals surface area contributed by atoms with Gasteiger partial charge in [-0.15, -0.1) is 12.6 Å². The molecule has 1 aromatic rings. The zero-order valence-corrected chi connectivity index (χ0v) is 8.85. The lowest BCUT2D eigenvalue weighted by molar-refractivity contribution is 0.0520. The molecule has 0 bridgehead atoms. The highest BCUT2D eigenvalue weighted by Crippen LogP contribution is 2.19. The van der Waals surface area contributed by atoms with E-state index in [4.69, 9.17) is 5.26 Å². The number of hydrogen-bond acceptors (Lipinski definition) is 4. The predicted octanol–water partition coefficient (Wildman–Crippen LogP) is 2.16. The third kappa shape index (κ3) is 2.48. The van der Waals surface area contributed by atoms with Crippen LogP contribution in [0.1, 0.15) is 22.8 Å². The fraction of sp³-hybridized carbons (Fsp3) is 0.200. The highest BCUT2D eigenvalue weighted by molar-refractivity contribution is 7.80. The molecule has 0 heterocycles. The molecule has 78 valence electrons. The largest absolute Gasteiger partial charge is 0.462 e. The molecule has 5 heteroatoms. The number of thiol groups is 1. The van der Waals surface area contributed by atoms with Gasteiger partial charge >= 0.3 is 5.97 Å². The Morgan fingerprint density at radius 2 is 2.33 bits per heavy atom. The van der Waals surface area contributed by atoms with E-state index in [0.29, 0.717) is 0 Å². The Morgan fingerprint density at radius 3 is 2.87 bits per heavy atom. The fourth-order valence-corrected chi connectivity index (χ4v) is 1.26. The van der Waals surface area contributed by atoms with Gasteiger partial charge in [-0.05, 0) is 19.1 Å². The molecule has 0 aromatic heterocycles. The van der Waals surface area contributed by atoms with Crippen molar-refractivity contribution in [2.75, 3.05) is 6.61 Å². The lowest BCUT2D eigenvalue weighted by Gasteiger charge is -2.04. The highest BCUT2D eigenvalue weighted by Gasteiger charge is 2.15. The molecule has 0 fully saturated rings. The van der Waals surface area contributed by atoms with E-state index in [1.165, 1.54) is 6.07 Å². The van der Waals surface area contributed by atoms with Crippen molar-refractivity contribution in [1.29, 1.82) is 5.26 Å².